The quantitative estimate of drug-likeness (QED) is 0.470. The van der Waals surface area contributed by atoms with Crippen LogP contribution in [0.3, 0.4) is 0 Å². The molecule has 0 aliphatic rings. The van der Waals surface area contributed by atoms with Crippen LogP contribution >= 0.6 is 0 Å². The van der Waals surface area contributed by atoms with Gasteiger partial charge in [-0.2, -0.15) is 15.0 Å². The monoisotopic (exact) mass is 386 g/mol. The Morgan fingerprint density at radius 2 is 0.963 bits per heavy atom. The van der Waals surface area contributed by atoms with Gasteiger partial charge in [0.1, 0.15) is 26.9 Å². The summed E-state index contributed by atoms with van der Waals surface area (Å²) in [7, 11) is 6.02. The van der Waals surface area contributed by atoms with Gasteiger partial charge in [0, 0.05) is 42.3 Å². The van der Waals surface area contributed by atoms with Crippen molar-refractivity contribution >= 4 is 29.7 Å². The molecule has 0 aliphatic heterocycles. The highest BCUT2D eigenvalue weighted by Crippen LogP contribution is 2.20. The fourth-order valence-electron chi connectivity index (χ4n) is 2.16. The summed E-state index contributed by atoms with van der Waals surface area (Å²) in [5, 5.41) is 0. The number of imide groups is 1. The number of anilines is 3. The van der Waals surface area contributed by atoms with E-state index >= 15 is 0 Å². The van der Waals surface area contributed by atoms with Crippen molar-refractivity contribution in [2.45, 2.75) is 13.8 Å². The highest BCUT2D eigenvalue weighted by atomic mass is 16.5. The van der Waals surface area contributed by atoms with Crippen molar-refractivity contribution in [2.75, 3.05) is 70.1 Å². The first-order chi connectivity index (χ1) is 12.9. The van der Waals surface area contributed by atoms with Crippen molar-refractivity contribution in [1.29, 1.82) is 0 Å². The van der Waals surface area contributed by atoms with E-state index in [4.69, 9.17) is 18.9 Å². The maximum Gasteiger partial charge on any atom is 0.245 e. The molecule has 0 spiro atoms. The molecule has 0 saturated heterocycles. The first-order valence-electron chi connectivity index (χ1n) is 7.92. The van der Waals surface area contributed by atoms with E-state index in [0.29, 0.717) is 0 Å². The second-order valence-corrected chi connectivity index (χ2v) is 5.36. The first-order valence-corrected chi connectivity index (χ1v) is 7.92. The molecule has 1 aromatic rings. The maximum atomic E-state index is 11.9. The number of methoxy groups -OCH3 is 4. The third kappa shape index (κ3) is 6.36. The molecule has 0 aliphatic carbocycles. The third-order valence-electron chi connectivity index (χ3n) is 3.14. The summed E-state index contributed by atoms with van der Waals surface area (Å²) >= 11 is 0. The minimum Gasteiger partial charge on any atom is -0.364 e. The number of ether oxygens (including phenoxy) is 4. The van der Waals surface area contributed by atoms with Crippen LogP contribution in [-0.4, -0.2) is 82.1 Å². The Kier molecular flexibility index (Phi) is 9.50. The number of amides is 2. The highest BCUT2D eigenvalue weighted by Gasteiger charge is 2.24. The number of aromatic nitrogens is 3. The average Bonchev–Trinajstić information content (AvgIpc) is 2.60. The Morgan fingerprint density at radius 3 is 1.22 bits per heavy atom. The van der Waals surface area contributed by atoms with E-state index in [1.54, 1.807) is 9.80 Å². The van der Waals surface area contributed by atoms with E-state index in [2.05, 4.69) is 15.0 Å². The zero-order valence-corrected chi connectivity index (χ0v) is 16.5. The smallest absolute Gasteiger partial charge is 0.245 e. The fraction of sp³-hybridized carbons (Fsp3) is 0.667. The van der Waals surface area contributed by atoms with Gasteiger partial charge in [0.2, 0.25) is 29.7 Å². The van der Waals surface area contributed by atoms with Gasteiger partial charge in [-0.15, -0.1) is 0 Å². The van der Waals surface area contributed by atoms with Crippen molar-refractivity contribution in [1.82, 2.24) is 15.0 Å². The topological polar surface area (TPSA) is 119 Å². The van der Waals surface area contributed by atoms with Crippen LogP contribution in [0.2, 0.25) is 0 Å². The van der Waals surface area contributed by atoms with E-state index in [0.717, 1.165) is 4.90 Å². The fourth-order valence-corrected chi connectivity index (χ4v) is 2.16. The summed E-state index contributed by atoms with van der Waals surface area (Å²) < 4.78 is 20.5. The van der Waals surface area contributed by atoms with Gasteiger partial charge in [0.15, 0.2) is 0 Å². The molecule has 27 heavy (non-hydrogen) atoms. The van der Waals surface area contributed by atoms with Gasteiger partial charge in [0.05, 0.1) is 0 Å². The van der Waals surface area contributed by atoms with Crippen LogP contribution in [0, 0.1) is 0 Å². The van der Waals surface area contributed by atoms with Crippen molar-refractivity contribution in [3.63, 3.8) is 0 Å². The predicted molar refractivity (Wildman–Crippen MR) is 96.1 cm³/mol. The van der Waals surface area contributed by atoms with E-state index < -0.39 is 11.8 Å². The molecule has 12 nitrogen and oxygen atoms in total. The molecule has 152 valence electrons. The maximum absolute atomic E-state index is 11.9. The summed E-state index contributed by atoms with van der Waals surface area (Å²) in [5.41, 5.74) is 0. The van der Waals surface area contributed by atoms with Crippen molar-refractivity contribution in [2.24, 2.45) is 0 Å². The second-order valence-electron chi connectivity index (χ2n) is 5.36. The van der Waals surface area contributed by atoms with Gasteiger partial charge in [-0.05, 0) is 0 Å². The van der Waals surface area contributed by atoms with Gasteiger partial charge in [-0.25, -0.2) is 4.90 Å². The molecular weight excluding hydrogens is 360 g/mol. The van der Waals surface area contributed by atoms with Crippen LogP contribution in [0.4, 0.5) is 17.8 Å². The number of nitrogens with zero attached hydrogens (tertiary/aromatic N) is 6. The van der Waals surface area contributed by atoms with Crippen LogP contribution in [0.1, 0.15) is 13.8 Å². The molecule has 0 atom stereocenters. The van der Waals surface area contributed by atoms with E-state index in [9.17, 15) is 9.59 Å². The molecule has 1 aromatic heterocycles. The van der Waals surface area contributed by atoms with Crippen molar-refractivity contribution in [3.8, 4) is 0 Å². The third-order valence-corrected chi connectivity index (χ3v) is 3.14. The minimum atomic E-state index is -0.527. The molecule has 0 N–H and O–H groups in total. The lowest BCUT2D eigenvalue weighted by Gasteiger charge is -2.26. The second kappa shape index (κ2) is 11.3. The van der Waals surface area contributed by atoms with Crippen LogP contribution in [-0.2, 0) is 28.5 Å². The van der Waals surface area contributed by atoms with Crippen LogP contribution < -0.4 is 14.7 Å². The van der Waals surface area contributed by atoms with Gasteiger partial charge in [-0.3, -0.25) is 19.4 Å². The number of hydrogen-bond acceptors (Lipinski definition) is 11. The summed E-state index contributed by atoms with van der Waals surface area (Å²) in [6, 6.07) is 0. The normalized spacial score (nSPS) is 10.6. The van der Waals surface area contributed by atoms with E-state index in [1.807, 2.05) is 0 Å². The van der Waals surface area contributed by atoms with Crippen molar-refractivity contribution in [3.05, 3.63) is 0 Å². The van der Waals surface area contributed by atoms with Crippen LogP contribution in [0.25, 0.3) is 0 Å². The largest absolute Gasteiger partial charge is 0.364 e. The predicted octanol–water partition coefficient (Wildman–Crippen LogP) is -0.201. The van der Waals surface area contributed by atoms with E-state index in [1.165, 1.54) is 42.3 Å². The summed E-state index contributed by atoms with van der Waals surface area (Å²) in [6.45, 7) is 2.96. The van der Waals surface area contributed by atoms with Gasteiger partial charge in [-0.1, -0.05) is 0 Å². The van der Waals surface area contributed by atoms with Gasteiger partial charge >= 0.3 is 0 Å². The summed E-state index contributed by atoms with van der Waals surface area (Å²) in [4.78, 5) is 40.7. The van der Waals surface area contributed by atoms with Crippen molar-refractivity contribution < 1.29 is 28.5 Å². The molecular formula is C15H26N6O6. The average molecular weight is 386 g/mol. The lowest BCUT2D eigenvalue weighted by Crippen LogP contribution is -2.38. The Labute approximate surface area is 158 Å². The number of carbonyl (C=O) groups excluding carboxylic acids is 2. The van der Waals surface area contributed by atoms with Gasteiger partial charge in [0.25, 0.3) is 0 Å². The summed E-state index contributed by atoms with van der Waals surface area (Å²) in [5.74, 6) is -0.863. The molecule has 12 heteroatoms. The standard InChI is InChI=1S/C15H26N6O6/c1-11(22)21(12(2)23)15-17-13(19(7-24-3)8-25-4)16-14(18-15)20(9-26-5)10-27-6/h7-10H2,1-6H3. The number of hydrogen-bond donors (Lipinski definition) is 0. The molecule has 2 amide bonds. The number of rotatable bonds is 11. The molecule has 0 radical (unpaired) electrons. The first kappa shape index (κ1) is 22.6. The minimum absolute atomic E-state index is 0.116. The molecule has 0 fully saturated rings. The lowest BCUT2D eigenvalue weighted by atomic mass is 10.5. The SMILES string of the molecule is COCN(COC)c1nc(N(COC)COC)nc(N(C(C)=O)C(C)=O)n1. The molecule has 1 heterocycles. The van der Waals surface area contributed by atoms with E-state index in [-0.39, 0.29) is 44.8 Å². The zero-order valence-electron chi connectivity index (χ0n) is 16.5. The van der Waals surface area contributed by atoms with Crippen LogP contribution in [0.15, 0.2) is 0 Å². The molecule has 1 rings (SSSR count). The molecule has 0 unspecified atom stereocenters. The zero-order chi connectivity index (χ0) is 20.4. The summed E-state index contributed by atoms with van der Waals surface area (Å²) in [6.07, 6.45) is 0. The molecule has 0 saturated carbocycles. The van der Waals surface area contributed by atoms with Gasteiger partial charge < -0.3 is 18.9 Å². The molecule has 0 bridgehead atoms. The van der Waals surface area contributed by atoms with Crippen LogP contribution in [0.5, 0.6) is 0 Å². The number of carbonyl (C=O) groups is 2. The Hall–Kier alpha value is -2.41. The Bertz CT molecular complexity index is 571. The highest BCUT2D eigenvalue weighted by molar-refractivity contribution is 6.11. The Morgan fingerprint density at radius 1 is 0.667 bits per heavy atom. The Balaban J connectivity index is 3.52. The molecule has 0 aromatic carbocycles. The lowest BCUT2D eigenvalue weighted by molar-refractivity contribution is -0.124.